The van der Waals surface area contributed by atoms with E-state index in [4.69, 9.17) is 9.84 Å². The zero-order chi connectivity index (χ0) is 12.7. The second-order valence-corrected chi connectivity index (χ2v) is 4.64. The zero-order valence-corrected chi connectivity index (χ0v) is 9.39. The Bertz CT molecular complexity index is 368. The van der Waals surface area contributed by atoms with Gasteiger partial charge in [0.05, 0.1) is 18.5 Å². The predicted octanol–water partition coefficient (Wildman–Crippen LogP) is 0.220. The molecule has 0 aromatic rings. The largest absolute Gasteiger partial charge is 0.481 e. The summed E-state index contributed by atoms with van der Waals surface area (Å²) < 4.78 is 4.79. The van der Waals surface area contributed by atoms with Gasteiger partial charge in [0, 0.05) is 0 Å². The van der Waals surface area contributed by atoms with Crippen LogP contribution < -0.4 is 0 Å². The Balaban J connectivity index is 1.91. The quantitative estimate of drug-likeness (QED) is 0.687. The monoisotopic (exact) mass is 241 g/mol. The molecule has 1 saturated carbocycles. The topological polar surface area (TPSA) is 87.1 Å². The van der Waals surface area contributed by atoms with Gasteiger partial charge < -0.3 is 19.8 Å². The Labute approximate surface area is 98.5 Å². The molecular formula is C11H15NO5. The van der Waals surface area contributed by atoms with Crippen molar-refractivity contribution in [2.45, 2.75) is 18.4 Å². The summed E-state index contributed by atoms with van der Waals surface area (Å²) in [6.45, 7) is 3.57. The zero-order valence-electron chi connectivity index (χ0n) is 9.39. The minimum atomic E-state index is -1.30. The Morgan fingerprint density at radius 1 is 1.41 bits per heavy atom. The van der Waals surface area contributed by atoms with Crippen molar-refractivity contribution in [2.24, 2.45) is 5.41 Å². The number of nitrogens with zero attached hydrogens (tertiary/aromatic N) is 1. The number of aliphatic hydroxyl groups is 1. The third-order valence-electron chi connectivity index (χ3n) is 3.54. The summed E-state index contributed by atoms with van der Waals surface area (Å²) in [5.74, 6) is -0.987. The molecule has 1 aliphatic heterocycles. The summed E-state index contributed by atoms with van der Waals surface area (Å²) in [6, 6.07) is 0. The van der Waals surface area contributed by atoms with Crippen LogP contribution >= 0.6 is 0 Å². The van der Waals surface area contributed by atoms with Crippen molar-refractivity contribution in [2.75, 3.05) is 19.7 Å². The highest BCUT2D eigenvalue weighted by Crippen LogP contribution is 2.57. The van der Waals surface area contributed by atoms with Crippen LogP contribution in [0.5, 0.6) is 0 Å². The molecule has 1 heterocycles. The number of aliphatic carboxylic acids is 1. The Hall–Kier alpha value is -1.56. The van der Waals surface area contributed by atoms with Crippen molar-refractivity contribution in [3.05, 3.63) is 12.7 Å². The van der Waals surface area contributed by atoms with E-state index < -0.39 is 23.1 Å². The maximum Gasteiger partial charge on any atom is 0.410 e. The van der Waals surface area contributed by atoms with E-state index in [1.165, 1.54) is 11.0 Å². The van der Waals surface area contributed by atoms with E-state index in [1.54, 1.807) is 0 Å². The number of carboxylic acid groups (broad SMARTS) is 1. The highest BCUT2D eigenvalue weighted by molar-refractivity contribution is 5.81. The lowest BCUT2D eigenvalue weighted by atomic mass is 9.78. The van der Waals surface area contributed by atoms with Crippen LogP contribution in [0.4, 0.5) is 4.79 Å². The van der Waals surface area contributed by atoms with Crippen molar-refractivity contribution < 1.29 is 24.5 Å². The Morgan fingerprint density at radius 2 is 2.00 bits per heavy atom. The van der Waals surface area contributed by atoms with E-state index >= 15 is 0 Å². The summed E-state index contributed by atoms with van der Waals surface area (Å²) in [5, 5.41) is 19.2. The van der Waals surface area contributed by atoms with Gasteiger partial charge in [0.25, 0.3) is 0 Å². The van der Waals surface area contributed by atoms with Crippen LogP contribution in [0, 0.1) is 5.41 Å². The number of carbonyl (C=O) groups excluding carboxylic acids is 1. The van der Waals surface area contributed by atoms with Gasteiger partial charge in [-0.15, -0.1) is 0 Å². The number of hydrogen-bond donors (Lipinski definition) is 2. The van der Waals surface area contributed by atoms with Crippen LogP contribution in [0.1, 0.15) is 12.8 Å². The Morgan fingerprint density at radius 3 is 2.41 bits per heavy atom. The number of amides is 1. The molecule has 6 heteroatoms. The highest BCUT2D eigenvalue weighted by atomic mass is 16.6. The van der Waals surface area contributed by atoms with Gasteiger partial charge in [0.1, 0.15) is 12.2 Å². The number of hydrogen-bond acceptors (Lipinski definition) is 4. The van der Waals surface area contributed by atoms with Crippen LogP contribution in [-0.2, 0) is 9.53 Å². The van der Waals surface area contributed by atoms with Crippen molar-refractivity contribution in [1.29, 1.82) is 0 Å². The lowest BCUT2D eigenvalue weighted by molar-refractivity contribution is -0.174. The van der Waals surface area contributed by atoms with Crippen LogP contribution in [0.15, 0.2) is 12.7 Å². The SMILES string of the molecule is C=CCOC(=O)N1CC(O)(C2(C(=O)O)CC2)C1. The van der Waals surface area contributed by atoms with Crippen LogP contribution in [0.2, 0.25) is 0 Å². The van der Waals surface area contributed by atoms with Crippen molar-refractivity contribution in [3.8, 4) is 0 Å². The van der Waals surface area contributed by atoms with Gasteiger partial charge in [-0.05, 0) is 12.8 Å². The molecule has 1 aliphatic carbocycles. The number of likely N-dealkylation sites (tertiary alicyclic amines) is 1. The number of carbonyl (C=O) groups is 2. The summed E-state index contributed by atoms with van der Waals surface area (Å²) in [7, 11) is 0. The number of carboxylic acids is 1. The first-order valence-electron chi connectivity index (χ1n) is 5.44. The van der Waals surface area contributed by atoms with Gasteiger partial charge in [-0.2, -0.15) is 0 Å². The number of rotatable bonds is 4. The predicted molar refractivity (Wildman–Crippen MR) is 57.4 cm³/mol. The standard InChI is InChI=1S/C11H15NO5/c1-2-5-17-9(15)12-6-11(16,7-12)10(3-4-10)8(13)14/h2,16H,1,3-7H2,(H,13,14). The summed E-state index contributed by atoms with van der Waals surface area (Å²) in [6.07, 6.45) is 1.84. The third kappa shape index (κ3) is 1.68. The molecule has 0 aromatic heterocycles. The molecule has 2 fully saturated rings. The Kier molecular flexibility index (Phi) is 2.61. The van der Waals surface area contributed by atoms with Crippen LogP contribution in [0.3, 0.4) is 0 Å². The normalized spacial score (nSPS) is 23.5. The first-order valence-corrected chi connectivity index (χ1v) is 5.44. The smallest absolute Gasteiger partial charge is 0.410 e. The van der Waals surface area contributed by atoms with Crippen LogP contribution in [-0.4, -0.2) is 52.5 Å². The van der Waals surface area contributed by atoms with Gasteiger partial charge in [-0.1, -0.05) is 12.7 Å². The fourth-order valence-corrected chi connectivity index (χ4v) is 2.24. The van der Waals surface area contributed by atoms with Crippen molar-refractivity contribution in [3.63, 3.8) is 0 Å². The molecule has 1 amide bonds. The first-order chi connectivity index (χ1) is 7.95. The van der Waals surface area contributed by atoms with E-state index in [1.807, 2.05) is 0 Å². The summed E-state index contributed by atoms with van der Waals surface area (Å²) >= 11 is 0. The van der Waals surface area contributed by atoms with Crippen molar-refractivity contribution >= 4 is 12.1 Å². The van der Waals surface area contributed by atoms with Gasteiger partial charge in [-0.25, -0.2) is 4.79 Å². The summed E-state index contributed by atoms with van der Waals surface area (Å²) in [5.41, 5.74) is -2.35. The maximum atomic E-state index is 11.4. The van der Waals surface area contributed by atoms with Crippen LogP contribution in [0.25, 0.3) is 0 Å². The number of ether oxygens (including phenoxy) is 1. The lowest BCUT2D eigenvalue weighted by Crippen LogP contribution is -2.69. The molecule has 0 bridgehead atoms. The fraction of sp³-hybridized carbons (Fsp3) is 0.636. The number of β-amino-alcohol motifs (C(OH)–C–C–N with tert-alkyl or cyclic N) is 1. The molecule has 2 aliphatic rings. The second kappa shape index (κ2) is 3.73. The molecule has 1 saturated heterocycles. The molecule has 0 atom stereocenters. The average molecular weight is 241 g/mol. The fourth-order valence-electron chi connectivity index (χ4n) is 2.24. The molecule has 17 heavy (non-hydrogen) atoms. The van der Waals surface area contributed by atoms with Gasteiger partial charge in [-0.3, -0.25) is 4.79 Å². The van der Waals surface area contributed by atoms with E-state index in [0.717, 1.165) is 0 Å². The second-order valence-electron chi connectivity index (χ2n) is 4.64. The van der Waals surface area contributed by atoms with E-state index in [9.17, 15) is 14.7 Å². The molecule has 0 spiro atoms. The molecule has 6 nitrogen and oxygen atoms in total. The van der Waals surface area contributed by atoms with E-state index in [0.29, 0.717) is 12.8 Å². The molecule has 0 radical (unpaired) electrons. The van der Waals surface area contributed by atoms with Crippen molar-refractivity contribution in [1.82, 2.24) is 4.90 Å². The average Bonchev–Trinajstić information content (AvgIpc) is 3.02. The first kappa shape index (κ1) is 11.9. The van der Waals surface area contributed by atoms with Gasteiger partial charge >= 0.3 is 12.1 Å². The van der Waals surface area contributed by atoms with Gasteiger partial charge in [0.15, 0.2) is 0 Å². The molecule has 2 rings (SSSR count). The van der Waals surface area contributed by atoms with Gasteiger partial charge in [0.2, 0.25) is 0 Å². The molecule has 94 valence electrons. The van der Waals surface area contributed by atoms with E-state index in [2.05, 4.69) is 6.58 Å². The highest BCUT2D eigenvalue weighted by Gasteiger charge is 2.69. The molecular weight excluding hydrogens is 226 g/mol. The molecule has 0 unspecified atom stereocenters. The molecule has 2 N–H and O–H groups in total. The minimum Gasteiger partial charge on any atom is -0.481 e. The third-order valence-corrected chi connectivity index (χ3v) is 3.54. The maximum absolute atomic E-state index is 11.4. The molecule has 0 aromatic carbocycles. The summed E-state index contributed by atoms with van der Waals surface area (Å²) in [4.78, 5) is 23.7. The minimum absolute atomic E-state index is 0.0231. The lowest BCUT2D eigenvalue weighted by Gasteiger charge is -2.48. The van der Waals surface area contributed by atoms with E-state index in [-0.39, 0.29) is 19.7 Å².